The van der Waals surface area contributed by atoms with Crippen LogP contribution in [0, 0.1) is 13.8 Å². The number of rotatable bonds is 5. The molecule has 0 bridgehead atoms. The van der Waals surface area contributed by atoms with Gasteiger partial charge in [0.05, 0.1) is 22.6 Å². The molecule has 32 heavy (non-hydrogen) atoms. The minimum atomic E-state index is -0.197. The van der Waals surface area contributed by atoms with Crippen molar-refractivity contribution >= 4 is 40.3 Å². The van der Waals surface area contributed by atoms with Crippen LogP contribution in [-0.2, 0) is 0 Å². The third kappa shape index (κ3) is 4.53. The highest BCUT2D eigenvalue weighted by Gasteiger charge is 2.33. The molecule has 0 aliphatic carbocycles. The maximum atomic E-state index is 13.5. The standard InChI is InChI=1S/C24H33N5O2S/c1-16-21-22(17(2)32-16)29(20-11-6-5-10-19(20)26-23(21)30)24(31)25-12-14-28-13-8-7-9-18(28)15-27(3)4/h5-6,10-11,18H,7-9,12-15H2,1-4H3,(H,25,31)(H,26,30). The highest BCUT2D eigenvalue weighted by Crippen LogP contribution is 2.44. The molecule has 1 atom stereocenters. The zero-order valence-corrected chi connectivity index (χ0v) is 20.2. The third-order valence-corrected chi connectivity index (χ3v) is 7.29. The van der Waals surface area contributed by atoms with E-state index in [4.69, 9.17) is 0 Å². The number of urea groups is 1. The Morgan fingerprint density at radius 2 is 2.00 bits per heavy atom. The number of thiophene rings is 1. The minimum Gasteiger partial charge on any atom is -0.336 e. The summed E-state index contributed by atoms with van der Waals surface area (Å²) >= 11 is 1.55. The Labute approximate surface area is 194 Å². The lowest BCUT2D eigenvalue weighted by molar-refractivity contribution is 0.102. The molecule has 3 heterocycles. The lowest BCUT2D eigenvalue weighted by Gasteiger charge is -2.37. The minimum absolute atomic E-state index is 0.163. The fraction of sp³-hybridized carbons (Fsp3) is 0.500. The molecular weight excluding hydrogens is 422 g/mol. The predicted octanol–water partition coefficient (Wildman–Crippen LogP) is 4.19. The Balaban J connectivity index is 1.54. The molecule has 2 aliphatic rings. The van der Waals surface area contributed by atoms with Gasteiger partial charge in [0, 0.05) is 35.4 Å². The number of hydrogen-bond acceptors (Lipinski definition) is 5. The molecule has 1 aromatic heterocycles. The summed E-state index contributed by atoms with van der Waals surface area (Å²) < 4.78 is 0. The normalized spacial score (nSPS) is 18.7. The SMILES string of the molecule is Cc1sc(C)c2c1C(=O)Nc1ccccc1N2C(=O)NCCN1CCCCC1CN(C)C. The monoisotopic (exact) mass is 455 g/mol. The van der Waals surface area contributed by atoms with Gasteiger partial charge in [-0.2, -0.15) is 0 Å². The number of benzene rings is 1. The summed E-state index contributed by atoms with van der Waals surface area (Å²) in [6, 6.07) is 7.82. The number of likely N-dealkylation sites (N-methyl/N-ethyl adjacent to an activating group) is 1. The van der Waals surface area contributed by atoms with E-state index in [1.54, 1.807) is 16.2 Å². The molecule has 1 fully saturated rings. The Morgan fingerprint density at radius 1 is 1.22 bits per heavy atom. The highest BCUT2D eigenvalue weighted by molar-refractivity contribution is 7.13. The number of amides is 3. The largest absolute Gasteiger partial charge is 0.336 e. The Bertz CT molecular complexity index is 1000. The van der Waals surface area contributed by atoms with Crippen molar-refractivity contribution in [3.8, 4) is 0 Å². The molecule has 1 unspecified atom stereocenters. The van der Waals surface area contributed by atoms with Crippen LogP contribution in [0.4, 0.5) is 21.9 Å². The summed E-state index contributed by atoms with van der Waals surface area (Å²) in [6.45, 7) is 7.41. The fourth-order valence-electron chi connectivity index (χ4n) is 4.87. The lowest BCUT2D eigenvalue weighted by atomic mass is 10.0. The number of nitrogens with one attached hydrogen (secondary N) is 2. The van der Waals surface area contributed by atoms with Gasteiger partial charge in [-0.3, -0.25) is 14.6 Å². The number of carbonyl (C=O) groups is 2. The van der Waals surface area contributed by atoms with E-state index < -0.39 is 0 Å². The second-order valence-electron chi connectivity index (χ2n) is 8.92. The maximum absolute atomic E-state index is 13.5. The van der Waals surface area contributed by atoms with Crippen LogP contribution in [-0.4, -0.2) is 68.1 Å². The molecule has 2 N–H and O–H groups in total. The molecule has 8 heteroatoms. The number of anilines is 3. The van der Waals surface area contributed by atoms with Gasteiger partial charge in [0.25, 0.3) is 5.91 Å². The van der Waals surface area contributed by atoms with E-state index in [1.165, 1.54) is 19.3 Å². The molecule has 1 aromatic carbocycles. The van der Waals surface area contributed by atoms with Gasteiger partial charge in [-0.05, 0) is 59.5 Å². The Morgan fingerprint density at radius 3 is 2.78 bits per heavy atom. The van der Waals surface area contributed by atoms with Gasteiger partial charge in [0.1, 0.15) is 0 Å². The summed E-state index contributed by atoms with van der Waals surface area (Å²) in [5.74, 6) is -0.163. The molecule has 3 amide bonds. The number of hydrogen-bond donors (Lipinski definition) is 2. The molecule has 0 saturated carbocycles. The van der Waals surface area contributed by atoms with Crippen LogP contribution in [0.2, 0.25) is 0 Å². The second-order valence-corrected chi connectivity index (χ2v) is 10.4. The van der Waals surface area contributed by atoms with Crippen LogP contribution in [0.3, 0.4) is 0 Å². The van der Waals surface area contributed by atoms with E-state index in [-0.39, 0.29) is 11.9 Å². The van der Waals surface area contributed by atoms with Crippen molar-refractivity contribution in [2.45, 2.75) is 39.2 Å². The molecule has 172 valence electrons. The van der Waals surface area contributed by atoms with Crippen molar-refractivity contribution < 1.29 is 9.59 Å². The summed E-state index contributed by atoms with van der Waals surface area (Å²) in [7, 11) is 4.23. The molecule has 2 aliphatic heterocycles. The molecule has 4 rings (SSSR count). The number of fused-ring (bicyclic) bond motifs is 2. The van der Waals surface area contributed by atoms with E-state index in [2.05, 4.69) is 34.5 Å². The van der Waals surface area contributed by atoms with Gasteiger partial charge in [-0.25, -0.2) is 4.79 Å². The van der Waals surface area contributed by atoms with Crippen LogP contribution in [0.25, 0.3) is 0 Å². The first-order valence-corrected chi connectivity index (χ1v) is 12.2. The second kappa shape index (κ2) is 9.60. The Kier molecular flexibility index (Phi) is 6.83. The highest BCUT2D eigenvalue weighted by atomic mass is 32.1. The van der Waals surface area contributed by atoms with Crippen molar-refractivity contribution in [2.75, 3.05) is 50.5 Å². The van der Waals surface area contributed by atoms with E-state index in [0.717, 1.165) is 29.4 Å². The van der Waals surface area contributed by atoms with Crippen LogP contribution in [0.5, 0.6) is 0 Å². The van der Waals surface area contributed by atoms with Gasteiger partial charge >= 0.3 is 6.03 Å². The lowest BCUT2D eigenvalue weighted by Crippen LogP contribution is -2.49. The molecule has 7 nitrogen and oxygen atoms in total. The zero-order chi connectivity index (χ0) is 22.8. The van der Waals surface area contributed by atoms with Gasteiger partial charge in [-0.1, -0.05) is 18.6 Å². The van der Waals surface area contributed by atoms with Crippen molar-refractivity contribution in [2.24, 2.45) is 0 Å². The summed E-state index contributed by atoms with van der Waals surface area (Å²) in [5.41, 5.74) is 2.62. The summed E-state index contributed by atoms with van der Waals surface area (Å²) in [5, 5.41) is 6.11. The topological polar surface area (TPSA) is 67.9 Å². The first-order valence-electron chi connectivity index (χ1n) is 11.3. The van der Waals surface area contributed by atoms with Crippen LogP contribution in [0.1, 0.15) is 39.4 Å². The summed E-state index contributed by atoms with van der Waals surface area (Å²) in [4.78, 5) is 34.7. The molecule has 0 radical (unpaired) electrons. The quantitative estimate of drug-likeness (QED) is 0.709. The van der Waals surface area contributed by atoms with Crippen molar-refractivity contribution in [3.63, 3.8) is 0 Å². The predicted molar refractivity (Wildman–Crippen MR) is 131 cm³/mol. The number of para-hydroxylation sites is 2. The van der Waals surface area contributed by atoms with Gasteiger partial charge in [0.15, 0.2) is 0 Å². The smallest absolute Gasteiger partial charge is 0.326 e. The first-order chi connectivity index (χ1) is 15.4. The number of aryl methyl sites for hydroxylation is 2. The number of carbonyl (C=O) groups excluding carboxylic acids is 2. The van der Waals surface area contributed by atoms with E-state index in [9.17, 15) is 9.59 Å². The Hall–Kier alpha value is -2.42. The van der Waals surface area contributed by atoms with E-state index >= 15 is 0 Å². The average Bonchev–Trinajstić information content (AvgIpc) is 2.95. The summed E-state index contributed by atoms with van der Waals surface area (Å²) in [6.07, 6.45) is 3.69. The number of nitrogens with zero attached hydrogens (tertiary/aromatic N) is 3. The zero-order valence-electron chi connectivity index (χ0n) is 19.4. The number of likely N-dealkylation sites (tertiary alicyclic amines) is 1. The van der Waals surface area contributed by atoms with Crippen molar-refractivity contribution in [1.29, 1.82) is 0 Å². The maximum Gasteiger partial charge on any atom is 0.326 e. The van der Waals surface area contributed by atoms with Crippen LogP contribution in [0.15, 0.2) is 24.3 Å². The van der Waals surface area contributed by atoms with E-state index in [1.807, 2.05) is 38.1 Å². The van der Waals surface area contributed by atoms with Crippen LogP contribution < -0.4 is 15.5 Å². The first kappa shape index (κ1) is 22.8. The number of piperidine rings is 1. The van der Waals surface area contributed by atoms with Crippen LogP contribution >= 0.6 is 11.3 Å². The average molecular weight is 456 g/mol. The molecule has 2 aromatic rings. The molecule has 1 saturated heterocycles. The van der Waals surface area contributed by atoms with Crippen molar-refractivity contribution in [3.05, 3.63) is 39.6 Å². The third-order valence-electron chi connectivity index (χ3n) is 6.28. The molecular formula is C24H33N5O2S. The van der Waals surface area contributed by atoms with Gasteiger partial charge < -0.3 is 15.5 Å². The molecule has 0 spiro atoms. The van der Waals surface area contributed by atoms with Crippen molar-refractivity contribution in [1.82, 2.24) is 15.1 Å². The fourth-order valence-corrected chi connectivity index (χ4v) is 5.91. The van der Waals surface area contributed by atoms with Gasteiger partial charge in [-0.15, -0.1) is 11.3 Å². The van der Waals surface area contributed by atoms with E-state index in [0.29, 0.717) is 35.2 Å². The van der Waals surface area contributed by atoms with Gasteiger partial charge in [0.2, 0.25) is 0 Å².